The quantitative estimate of drug-likeness (QED) is 0.636. The summed E-state index contributed by atoms with van der Waals surface area (Å²) in [6.45, 7) is 11.4. The second-order valence-electron chi connectivity index (χ2n) is 9.28. The molecule has 1 aromatic carbocycles. The molecule has 5 heteroatoms. The van der Waals surface area contributed by atoms with Crippen LogP contribution in [0.5, 0.6) is 0 Å². The van der Waals surface area contributed by atoms with Gasteiger partial charge in [0.05, 0.1) is 12.6 Å². The van der Waals surface area contributed by atoms with E-state index in [-0.39, 0.29) is 24.4 Å². The Hall–Kier alpha value is -2.14. The number of nitrogens with zero attached hydrogens (tertiary/aromatic N) is 2. The first-order chi connectivity index (χ1) is 14.2. The van der Waals surface area contributed by atoms with Crippen molar-refractivity contribution >= 4 is 23.2 Å². The van der Waals surface area contributed by atoms with Gasteiger partial charge in [0, 0.05) is 23.4 Å². The lowest BCUT2D eigenvalue weighted by atomic mass is 9.92. The molecule has 1 atom stereocenters. The number of aryl methyl sites for hydroxylation is 1. The number of hydrogen-bond acceptors (Lipinski definition) is 3. The molecule has 0 N–H and O–H groups in total. The molecular formula is C25H34N2O2S. The second kappa shape index (κ2) is 9.34. The molecule has 1 aliphatic heterocycles. The van der Waals surface area contributed by atoms with Crippen LogP contribution in [0.3, 0.4) is 0 Å². The van der Waals surface area contributed by atoms with E-state index >= 15 is 0 Å². The lowest BCUT2D eigenvalue weighted by Crippen LogP contribution is -2.49. The Labute approximate surface area is 184 Å². The minimum atomic E-state index is -0.493. The first kappa shape index (κ1) is 22.5. The third-order valence-corrected chi connectivity index (χ3v) is 6.71. The highest BCUT2D eigenvalue weighted by molar-refractivity contribution is 7.10. The Bertz CT molecular complexity index is 879. The van der Waals surface area contributed by atoms with Gasteiger partial charge in [-0.25, -0.2) is 0 Å². The van der Waals surface area contributed by atoms with Crippen molar-refractivity contribution in [2.45, 2.75) is 59.9 Å². The minimum absolute atomic E-state index is 0.0335. The topological polar surface area (TPSA) is 40.6 Å². The number of thiophene rings is 1. The number of amides is 2. The summed E-state index contributed by atoms with van der Waals surface area (Å²) in [5.74, 6) is 0.0792. The van der Waals surface area contributed by atoms with E-state index in [1.807, 2.05) is 25.7 Å². The highest BCUT2D eigenvalue weighted by Crippen LogP contribution is 2.38. The normalized spacial score (nSPS) is 16.3. The predicted octanol–water partition coefficient (Wildman–Crippen LogP) is 5.21. The van der Waals surface area contributed by atoms with Crippen LogP contribution < -0.4 is 0 Å². The molecule has 0 aliphatic carbocycles. The van der Waals surface area contributed by atoms with Crippen LogP contribution in [0, 0.1) is 12.3 Å². The van der Waals surface area contributed by atoms with Gasteiger partial charge >= 0.3 is 0 Å². The van der Waals surface area contributed by atoms with Gasteiger partial charge in [0.2, 0.25) is 11.8 Å². The highest BCUT2D eigenvalue weighted by Gasteiger charge is 2.35. The van der Waals surface area contributed by atoms with Crippen molar-refractivity contribution in [2.24, 2.45) is 5.41 Å². The molecule has 162 valence electrons. The van der Waals surface area contributed by atoms with Crippen LogP contribution in [0.1, 0.15) is 68.1 Å². The van der Waals surface area contributed by atoms with Crippen molar-refractivity contribution in [3.05, 3.63) is 57.3 Å². The fourth-order valence-electron chi connectivity index (χ4n) is 4.02. The molecule has 0 saturated heterocycles. The zero-order valence-corrected chi connectivity index (χ0v) is 19.7. The van der Waals surface area contributed by atoms with E-state index in [0.29, 0.717) is 13.1 Å². The van der Waals surface area contributed by atoms with Crippen molar-refractivity contribution in [3.63, 3.8) is 0 Å². The van der Waals surface area contributed by atoms with Crippen LogP contribution in [0.15, 0.2) is 35.7 Å². The summed E-state index contributed by atoms with van der Waals surface area (Å²) in [7, 11) is 0. The summed E-state index contributed by atoms with van der Waals surface area (Å²) in [5, 5.41) is 2.12. The third-order valence-electron chi connectivity index (χ3n) is 5.72. The van der Waals surface area contributed by atoms with Crippen LogP contribution in [-0.4, -0.2) is 41.2 Å². The fourth-order valence-corrected chi connectivity index (χ4v) is 4.93. The van der Waals surface area contributed by atoms with E-state index in [9.17, 15) is 9.59 Å². The van der Waals surface area contributed by atoms with E-state index in [1.54, 1.807) is 16.2 Å². The molecule has 1 unspecified atom stereocenters. The zero-order valence-electron chi connectivity index (χ0n) is 18.9. The van der Waals surface area contributed by atoms with E-state index in [4.69, 9.17) is 0 Å². The molecule has 1 aromatic heterocycles. The summed E-state index contributed by atoms with van der Waals surface area (Å²) in [6.07, 6.45) is 2.78. The van der Waals surface area contributed by atoms with Crippen LogP contribution in [0.4, 0.5) is 0 Å². The number of carbonyl (C=O) groups is 2. The van der Waals surface area contributed by atoms with Crippen molar-refractivity contribution in [1.29, 1.82) is 0 Å². The highest BCUT2D eigenvalue weighted by atomic mass is 32.1. The fraction of sp³-hybridized carbons (Fsp3) is 0.520. The third kappa shape index (κ3) is 4.94. The molecule has 0 fully saturated rings. The Balaban J connectivity index is 1.88. The predicted molar refractivity (Wildman–Crippen MR) is 124 cm³/mol. The van der Waals surface area contributed by atoms with Crippen LogP contribution in [-0.2, 0) is 16.0 Å². The van der Waals surface area contributed by atoms with Gasteiger partial charge in [0.15, 0.2) is 0 Å². The van der Waals surface area contributed by atoms with Gasteiger partial charge in [0.25, 0.3) is 0 Å². The molecule has 0 spiro atoms. The van der Waals surface area contributed by atoms with E-state index in [1.165, 1.54) is 16.0 Å². The summed E-state index contributed by atoms with van der Waals surface area (Å²) in [5.41, 5.74) is 3.08. The number of benzene rings is 1. The average molecular weight is 427 g/mol. The summed E-state index contributed by atoms with van der Waals surface area (Å²) in [6, 6.07) is 10.5. The van der Waals surface area contributed by atoms with E-state index in [0.717, 1.165) is 24.8 Å². The molecule has 4 nitrogen and oxygen atoms in total. The van der Waals surface area contributed by atoms with Crippen LogP contribution in [0.2, 0.25) is 0 Å². The maximum Gasteiger partial charge on any atom is 0.242 e. The molecule has 2 aromatic rings. The van der Waals surface area contributed by atoms with Gasteiger partial charge in [-0.15, -0.1) is 11.3 Å². The Kier molecular flexibility index (Phi) is 7.02. The first-order valence-electron chi connectivity index (χ1n) is 10.9. The Morgan fingerprint density at radius 2 is 1.87 bits per heavy atom. The monoisotopic (exact) mass is 426 g/mol. The second-order valence-corrected chi connectivity index (χ2v) is 10.3. The van der Waals surface area contributed by atoms with Gasteiger partial charge in [-0.2, -0.15) is 0 Å². The van der Waals surface area contributed by atoms with Gasteiger partial charge in [0.1, 0.15) is 0 Å². The summed E-state index contributed by atoms with van der Waals surface area (Å²) in [4.78, 5) is 31.6. The number of rotatable bonds is 6. The van der Waals surface area contributed by atoms with Crippen LogP contribution in [0.25, 0.3) is 0 Å². The van der Waals surface area contributed by atoms with E-state index in [2.05, 4.69) is 49.6 Å². The lowest BCUT2D eigenvalue weighted by molar-refractivity contribution is -0.146. The molecule has 30 heavy (non-hydrogen) atoms. The van der Waals surface area contributed by atoms with Crippen molar-refractivity contribution in [2.75, 3.05) is 19.6 Å². The number of carbonyl (C=O) groups excluding carboxylic acids is 2. The summed E-state index contributed by atoms with van der Waals surface area (Å²) < 4.78 is 0. The standard InChI is InChI=1S/C25H34N2O2S/c1-6-7-14-26(24(29)25(3,4)5)17-22(28)27-15-12-21-20(13-16-30-21)23(27)19-10-8-18(2)9-11-19/h8-11,13,16,23H,6-7,12,14-15,17H2,1-5H3. The number of fused-ring (bicyclic) bond motifs is 1. The molecule has 2 heterocycles. The molecular weight excluding hydrogens is 392 g/mol. The average Bonchev–Trinajstić information content (AvgIpc) is 3.18. The molecule has 0 bridgehead atoms. The first-order valence-corrected chi connectivity index (χ1v) is 11.8. The van der Waals surface area contributed by atoms with Crippen molar-refractivity contribution in [3.8, 4) is 0 Å². The van der Waals surface area contributed by atoms with Gasteiger partial charge < -0.3 is 9.80 Å². The van der Waals surface area contributed by atoms with Gasteiger partial charge in [-0.1, -0.05) is 63.9 Å². The Morgan fingerprint density at radius 1 is 1.17 bits per heavy atom. The van der Waals surface area contributed by atoms with Crippen molar-refractivity contribution in [1.82, 2.24) is 9.80 Å². The smallest absolute Gasteiger partial charge is 0.242 e. The lowest BCUT2D eigenvalue weighted by Gasteiger charge is -2.38. The maximum atomic E-state index is 13.5. The van der Waals surface area contributed by atoms with Gasteiger partial charge in [-0.05, 0) is 42.3 Å². The van der Waals surface area contributed by atoms with Crippen LogP contribution >= 0.6 is 11.3 Å². The molecule has 0 saturated carbocycles. The molecule has 1 aliphatic rings. The molecule has 2 amide bonds. The van der Waals surface area contributed by atoms with Gasteiger partial charge in [-0.3, -0.25) is 9.59 Å². The zero-order chi connectivity index (χ0) is 21.9. The SMILES string of the molecule is CCCCN(CC(=O)N1CCc2sccc2C1c1ccc(C)cc1)C(=O)C(C)(C)C. The summed E-state index contributed by atoms with van der Waals surface area (Å²) >= 11 is 1.77. The largest absolute Gasteiger partial charge is 0.333 e. The number of unbranched alkanes of at least 4 members (excludes halogenated alkanes) is 1. The van der Waals surface area contributed by atoms with E-state index < -0.39 is 5.41 Å². The Morgan fingerprint density at radius 3 is 2.50 bits per heavy atom. The molecule has 0 radical (unpaired) electrons. The maximum absolute atomic E-state index is 13.5. The molecule has 3 rings (SSSR count). The number of hydrogen-bond donors (Lipinski definition) is 0. The minimum Gasteiger partial charge on any atom is -0.333 e. The van der Waals surface area contributed by atoms with Crippen molar-refractivity contribution < 1.29 is 9.59 Å².